The van der Waals surface area contributed by atoms with Crippen LogP contribution in [0.1, 0.15) is 30.2 Å². The zero-order chi connectivity index (χ0) is 13.8. The van der Waals surface area contributed by atoms with E-state index < -0.39 is 0 Å². The van der Waals surface area contributed by atoms with Crippen LogP contribution < -0.4 is 16.6 Å². The number of thiophene rings is 1. The molecule has 0 unspecified atom stereocenters. The highest BCUT2D eigenvalue weighted by Crippen LogP contribution is 2.28. The average molecular weight is 342 g/mol. The van der Waals surface area contributed by atoms with Gasteiger partial charge in [-0.25, -0.2) is 15.8 Å². The van der Waals surface area contributed by atoms with Crippen LogP contribution in [-0.4, -0.2) is 9.97 Å². The van der Waals surface area contributed by atoms with E-state index in [0.717, 1.165) is 22.4 Å². The molecule has 102 valence electrons. The highest BCUT2D eigenvalue weighted by molar-refractivity contribution is 9.10. The fourth-order valence-electron chi connectivity index (χ4n) is 1.82. The van der Waals surface area contributed by atoms with Gasteiger partial charge in [0.25, 0.3) is 0 Å². The molecule has 2 aromatic heterocycles. The van der Waals surface area contributed by atoms with Crippen molar-refractivity contribution in [3.63, 3.8) is 0 Å². The maximum atomic E-state index is 5.50. The van der Waals surface area contributed by atoms with Gasteiger partial charge < -0.3 is 10.7 Å². The van der Waals surface area contributed by atoms with Crippen molar-refractivity contribution in [2.24, 2.45) is 5.84 Å². The van der Waals surface area contributed by atoms with E-state index in [1.54, 1.807) is 11.3 Å². The Labute approximate surface area is 124 Å². The van der Waals surface area contributed by atoms with Crippen molar-refractivity contribution in [2.45, 2.75) is 26.3 Å². The van der Waals surface area contributed by atoms with Gasteiger partial charge in [-0.1, -0.05) is 13.8 Å². The number of halogens is 1. The lowest BCUT2D eigenvalue weighted by Gasteiger charge is -2.16. The van der Waals surface area contributed by atoms with Crippen LogP contribution in [0, 0.1) is 0 Å². The molecular formula is C12H16BrN5S. The molecule has 0 aliphatic carbocycles. The number of hydrogen-bond acceptors (Lipinski definition) is 6. The Balaban J connectivity index is 2.19. The number of nitrogens with two attached hydrogens (primary N) is 1. The molecule has 0 aromatic carbocycles. The summed E-state index contributed by atoms with van der Waals surface area (Å²) in [6.45, 7) is 4.91. The summed E-state index contributed by atoms with van der Waals surface area (Å²) < 4.78 is 1.10. The van der Waals surface area contributed by atoms with Gasteiger partial charge in [0.15, 0.2) is 0 Å². The summed E-state index contributed by atoms with van der Waals surface area (Å²) in [6.07, 6.45) is 1.51. The number of anilines is 2. The Kier molecular flexibility index (Phi) is 4.73. The van der Waals surface area contributed by atoms with Crippen LogP contribution >= 0.6 is 27.3 Å². The molecule has 0 bridgehead atoms. The largest absolute Gasteiger partial charge is 0.365 e. The number of rotatable bonds is 5. The second kappa shape index (κ2) is 6.31. The molecule has 0 atom stereocenters. The normalized spacial score (nSPS) is 10.8. The third kappa shape index (κ3) is 3.43. The molecule has 7 heteroatoms. The zero-order valence-corrected chi connectivity index (χ0v) is 13.2. The molecule has 2 rings (SSSR count). The van der Waals surface area contributed by atoms with E-state index in [-0.39, 0.29) is 5.92 Å². The van der Waals surface area contributed by atoms with E-state index in [1.165, 1.54) is 11.2 Å². The van der Waals surface area contributed by atoms with E-state index in [0.29, 0.717) is 5.82 Å². The maximum absolute atomic E-state index is 5.50. The molecule has 0 saturated carbocycles. The highest BCUT2D eigenvalue weighted by Gasteiger charge is 2.14. The maximum Gasteiger partial charge on any atom is 0.148 e. The first kappa shape index (κ1) is 14.2. The Morgan fingerprint density at radius 2 is 2.11 bits per heavy atom. The Morgan fingerprint density at radius 1 is 1.37 bits per heavy atom. The fraction of sp³-hybridized carbons (Fsp3) is 0.333. The van der Waals surface area contributed by atoms with E-state index in [9.17, 15) is 0 Å². The van der Waals surface area contributed by atoms with Crippen molar-refractivity contribution in [2.75, 3.05) is 10.7 Å². The van der Waals surface area contributed by atoms with Gasteiger partial charge in [-0.3, -0.25) is 0 Å². The van der Waals surface area contributed by atoms with E-state index in [1.807, 2.05) is 0 Å². The SMILES string of the molecule is CC(C)c1c(NN)ncnc1NCc1cc(Br)cs1. The summed E-state index contributed by atoms with van der Waals surface area (Å²) in [7, 11) is 0. The molecule has 0 aliphatic heterocycles. The van der Waals surface area contributed by atoms with Crippen molar-refractivity contribution in [3.05, 3.63) is 32.7 Å². The van der Waals surface area contributed by atoms with Crippen LogP contribution in [0.5, 0.6) is 0 Å². The summed E-state index contributed by atoms with van der Waals surface area (Å²) in [5.41, 5.74) is 3.62. The van der Waals surface area contributed by atoms with Crippen molar-refractivity contribution in [3.8, 4) is 0 Å². The standard InChI is InChI=1S/C12H16BrN5S/c1-7(2)10-11(16-6-17-12(10)18-14)15-4-9-3-8(13)5-19-9/h3,5-7H,4,14H2,1-2H3,(H2,15,16,17,18). The molecule has 0 amide bonds. The van der Waals surface area contributed by atoms with Gasteiger partial charge in [-0.2, -0.15) is 0 Å². The molecule has 4 N–H and O–H groups in total. The number of nitrogens with zero attached hydrogens (tertiary/aromatic N) is 2. The molecule has 19 heavy (non-hydrogen) atoms. The summed E-state index contributed by atoms with van der Waals surface area (Å²) in [5, 5.41) is 5.40. The lowest BCUT2D eigenvalue weighted by molar-refractivity contribution is 0.845. The predicted octanol–water partition coefficient (Wildman–Crippen LogP) is 3.32. The first-order valence-corrected chi connectivity index (χ1v) is 7.57. The number of aromatic nitrogens is 2. The van der Waals surface area contributed by atoms with Gasteiger partial charge in [0.2, 0.25) is 0 Å². The topological polar surface area (TPSA) is 75.9 Å². The molecular weight excluding hydrogens is 326 g/mol. The molecule has 0 aliphatic rings. The predicted molar refractivity (Wildman–Crippen MR) is 83.3 cm³/mol. The van der Waals surface area contributed by atoms with Crippen molar-refractivity contribution in [1.29, 1.82) is 0 Å². The summed E-state index contributed by atoms with van der Waals surface area (Å²) in [4.78, 5) is 9.69. The summed E-state index contributed by atoms with van der Waals surface area (Å²) >= 11 is 5.15. The first-order chi connectivity index (χ1) is 9.11. The number of nitrogen functional groups attached to an aromatic ring is 1. The molecule has 0 fully saturated rings. The van der Waals surface area contributed by atoms with Crippen LogP contribution in [0.2, 0.25) is 0 Å². The van der Waals surface area contributed by atoms with Crippen LogP contribution in [0.15, 0.2) is 22.2 Å². The van der Waals surface area contributed by atoms with Gasteiger partial charge in [0.1, 0.15) is 18.0 Å². The van der Waals surface area contributed by atoms with E-state index in [2.05, 4.69) is 61.9 Å². The third-order valence-corrected chi connectivity index (χ3v) is 4.35. The van der Waals surface area contributed by atoms with E-state index in [4.69, 9.17) is 5.84 Å². The van der Waals surface area contributed by atoms with Crippen molar-refractivity contribution >= 4 is 38.9 Å². The second-order valence-corrected chi connectivity index (χ2v) is 6.28. The van der Waals surface area contributed by atoms with Crippen LogP contribution in [0.25, 0.3) is 0 Å². The van der Waals surface area contributed by atoms with Gasteiger partial charge >= 0.3 is 0 Å². The van der Waals surface area contributed by atoms with Gasteiger partial charge in [-0.15, -0.1) is 11.3 Å². The molecule has 0 spiro atoms. The minimum absolute atomic E-state index is 0.282. The monoisotopic (exact) mass is 341 g/mol. The van der Waals surface area contributed by atoms with E-state index >= 15 is 0 Å². The molecule has 0 radical (unpaired) electrons. The molecule has 0 saturated heterocycles. The van der Waals surface area contributed by atoms with Crippen molar-refractivity contribution < 1.29 is 0 Å². The average Bonchev–Trinajstić information content (AvgIpc) is 2.81. The van der Waals surface area contributed by atoms with Gasteiger partial charge in [0, 0.05) is 20.3 Å². The quantitative estimate of drug-likeness (QED) is 0.574. The van der Waals surface area contributed by atoms with Crippen LogP contribution in [0.3, 0.4) is 0 Å². The first-order valence-electron chi connectivity index (χ1n) is 5.90. The fourth-order valence-corrected chi connectivity index (χ4v) is 3.21. The Bertz CT molecular complexity index is 555. The zero-order valence-electron chi connectivity index (χ0n) is 10.8. The minimum Gasteiger partial charge on any atom is -0.365 e. The Hall–Kier alpha value is -1.18. The van der Waals surface area contributed by atoms with Crippen LogP contribution in [0.4, 0.5) is 11.6 Å². The summed E-state index contributed by atoms with van der Waals surface area (Å²) in [5.74, 6) is 7.27. The summed E-state index contributed by atoms with van der Waals surface area (Å²) in [6, 6.07) is 2.09. The van der Waals surface area contributed by atoms with Crippen molar-refractivity contribution in [1.82, 2.24) is 9.97 Å². The third-order valence-electron chi connectivity index (χ3n) is 2.65. The molecule has 5 nitrogen and oxygen atoms in total. The second-order valence-electron chi connectivity index (χ2n) is 4.37. The number of nitrogens with one attached hydrogen (secondary N) is 2. The van der Waals surface area contributed by atoms with Gasteiger partial charge in [0.05, 0.1) is 6.54 Å². The van der Waals surface area contributed by atoms with Gasteiger partial charge in [-0.05, 0) is 27.9 Å². The lowest BCUT2D eigenvalue weighted by atomic mass is 10.0. The molecule has 2 aromatic rings. The lowest BCUT2D eigenvalue weighted by Crippen LogP contribution is -2.14. The Morgan fingerprint density at radius 3 is 2.68 bits per heavy atom. The van der Waals surface area contributed by atoms with Crippen LogP contribution in [-0.2, 0) is 6.54 Å². The molecule has 2 heterocycles. The smallest absolute Gasteiger partial charge is 0.148 e. The minimum atomic E-state index is 0.282. The number of hydrazine groups is 1. The highest BCUT2D eigenvalue weighted by atomic mass is 79.9. The number of hydrogen-bond donors (Lipinski definition) is 3.